The number of hydrogen-bond acceptors (Lipinski definition) is 4. The number of halogens is 1. The van der Waals surface area contributed by atoms with E-state index in [1.54, 1.807) is 34.6 Å². The topological polar surface area (TPSA) is 50.8 Å². The van der Waals surface area contributed by atoms with Gasteiger partial charge in [0.2, 0.25) is 0 Å². The molecule has 3 heterocycles. The van der Waals surface area contributed by atoms with Gasteiger partial charge in [-0.15, -0.1) is 11.3 Å². The zero-order chi connectivity index (χ0) is 21.9. The lowest BCUT2D eigenvalue weighted by atomic mass is 10.1. The van der Waals surface area contributed by atoms with Crippen LogP contribution in [0.5, 0.6) is 0 Å². The van der Waals surface area contributed by atoms with Gasteiger partial charge in [-0.2, -0.15) is 0 Å². The Morgan fingerprint density at radius 2 is 1.88 bits per heavy atom. The number of amides is 1. The molecule has 0 saturated heterocycles. The first-order valence-electron chi connectivity index (χ1n) is 10.3. The van der Waals surface area contributed by atoms with Crippen molar-refractivity contribution >= 4 is 22.2 Å². The van der Waals surface area contributed by atoms with E-state index >= 15 is 0 Å². The minimum absolute atomic E-state index is 0.0360. The van der Waals surface area contributed by atoms with Gasteiger partial charge in [0, 0.05) is 41.4 Å². The summed E-state index contributed by atoms with van der Waals surface area (Å²) in [6, 6.07) is 19.3. The first kappa shape index (κ1) is 20.2. The SMILES string of the molecule is O=C(c1ccccc1)N(CCc1csc2nc(-c3ccc(F)cc3)cn12)Cc1ccco1. The lowest BCUT2D eigenvalue weighted by molar-refractivity contribution is 0.0733. The minimum Gasteiger partial charge on any atom is -0.467 e. The molecule has 0 bridgehead atoms. The van der Waals surface area contributed by atoms with E-state index in [-0.39, 0.29) is 11.7 Å². The minimum atomic E-state index is -0.268. The molecule has 0 aliphatic carbocycles. The first-order chi connectivity index (χ1) is 15.7. The summed E-state index contributed by atoms with van der Waals surface area (Å²) in [6.07, 6.45) is 4.24. The fourth-order valence-electron chi connectivity index (χ4n) is 3.62. The average molecular weight is 446 g/mol. The van der Waals surface area contributed by atoms with Gasteiger partial charge in [-0.25, -0.2) is 9.37 Å². The number of hydrogen-bond donors (Lipinski definition) is 0. The largest absolute Gasteiger partial charge is 0.467 e. The maximum absolute atomic E-state index is 13.2. The molecule has 0 radical (unpaired) electrons. The zero-order valence-electron chi connectivity index (χ0n) is 17.1. The molecular weight excluding hydrogens is 425 g/mol. The summed E-state index contributed by atoms with van der Waals surface area (Å²) >= 11 is 1.55. The number of thiazole rings is 1. The molecular formula is C25H20FN3O2S. The Balaban J connectivity index is 1.37. The van der Waals surface area contributed by atoms with Gasteiger partial charge in [-0.1, -0.05) is 18.2 Å². The van der Waals surface area contributed by atoms with Crippen molar-refractivity contribution < 1.29 is 13.6 Å². The van der Waals surface area contributed by atoms with Crippen molar-refractivity contribution in [2.75, 3.05) is 6.54 Å². The van der Waals surface area contributed by atoms with Crippen molar-refractivity contribution in [2.45, 2.75) is 13.0 Å². The van der Waals surface area contributed by atoms with E-state index in [1.807, 2.05) is 53.1 Å². The van der Waals surface area contributed by atoms with E-state index in [0.29, 0.717) is 25.1 Å². The highest BCUT2D eigenvalue weighted by atomic mass is 32.1. The second-order valence-electron chi connectivity index (χ2n) is 7.43. The molecule has 32 heavy (non-hydrogen) atoms. The summed E-state index contributed by atoms with van der Waals surface area (Å²) in [5, 5.41) is 2.06. The lowest BCUT2D eigenvalue weighted by Crippen LogP contribution is -2.32. The van der Waals surface area contributed by atoms with Gasteiger partial charge in [0.1, 0.15) is 11.6 Å². The molecule has 160 valence electrons. The maximum atomic E-state index is 13.2. The van der Waals surface area contributed by atoms with Crippen LogP contribution < -0.4 is 0 Å². The molecule has 5 rings (SSSR count). The van der Waals surface area contributed by atoms with Gasteiger partial charge in [0.25, 0.3) is 5.91 Å². The summed E-state index contributed by atoms with van der Waals surface area (Å²) in [5.74, 6) is 0.437. The quantitative estimate of drug-likeness (QED) is 0.324. The number of fused-ring (bicyclic) bond motifs is 1. The van der Waals surface area contributed by atoms with Gasteiger partial charge in [0.05, 0.1) is 18.5 Å². The number of rotatable bonds is 7. The van der Waals surface area contributed by atoms with Crippen LogP contribution in [-0.2, 0) is 13.0 Å². The van der Waals surface area contributed by atoms with Crippen LogP contribution in [0.1, 0.15) is 21.8 Å². The Morgan fingerprint density at radius 1 is 1.06 bits per heavy atom. The summed E-state index contributed by atoms with van der Waals surface area (Å²) in [7, 11) is 0. The van der Waals surface area contributed by atoms with Gasteiger partial charge >= 0.3 is 0 Å². The Kier molecular flexibility index (Phi) is 5.56. The monoisotopic (exact) mass is 445 g/mol. The van der Waals surface area contributed by atoms with Crippen molar-refractivity contribution in [3.63, 3.8) is 0 Å². The van der Waals surface area contributed by atoms with Crippen molar-refractivity contribution in [3.05, 3.63) is 107 Å². The van der Waals surface area contributed by atoms with Crippen molar-refractivity contribution in [2.24, 2.45) is 0 Å². The molecule has 0 spiro atoms. The Labute approximate surface area is 188 Å². The average Bonchev–Trinajstić information content (AvgIpc) is 3.56. The number of carbonyl (C=O) groups is 1. The van der Waals surface area contributed by atoms with Gasteiger partial charge in [0.15, 0.2) is 4.96 Å². The number of aromatic nitrogens is 2. The summed E-state index contributed by atoms with van der Waals surface area (Å²) in [6.45, 7) is 0.934. The molecule has 0 aliphatic rings. The molecule has 3 aromatic heterocycles. The molecule has 0 fully saturated rings. The fraction of sp³-hybridized carbons (Fsp3) is 0.120. The van der Waals surface area contributed by atoms with Gasteiger partial charge in [-0.05, 0) is 48.5 Å². The molecule has 0 N–H and O–H groups in total. The van der Waals surface area contributed by atoms with Crippen LogP contribution >= 0.6 is 11.3 Å². The van der Waals surface area contributed by atoms with Crippen molar-refractivity contribution in [1.82, 2.24) is 14.3 Å². The third kappa shape index (κ3) is 4.20. The Bertz CT molecular complexity index is 1330. The molecule has 0 atom stereocenters. The zero-order valence-corrected chi connectivity index (χ0v) is 18.0. The summed E-state index contributed by atoms with van der Waals surface area (Å²) < 4.78 is 20.8. The molecule has 0 unspecified atom stereocenters. The molecule has 0 aliphatic heterocycles. The molecule has 0 saturated carbocycles. The van der Waals surface area contributed by atoms with Crippen LogP contribution in [0.15, 0.2) is 89.0 Å². The second kappa shape index (κ2) is 8.80. The van der Waals surface area contributed by atoms with Gasteiger partial charge in [-0.3, -0.25) is 9.20 Å². The van der Waals surface area contributed by atoms with Crippen LogP contribution in [0.25, 0.3) is 16.2 Å². The predicted octanol–water partition coefficient (Wildman–Crippen LogP) is 5.68. The number of benzene rings is 2. The van der Waals surface area contributed by atoms with Crippen LogP contribution in [-0.4, -0.2) is 26.7 Å². The summed E-state index contributed by atoms with van der Waals surface area (Å²) in [4.78, 5) is 20.5. The van der Waals surface area contributed by atoms with E-state index in [9.17, 15) is 9.18 Å². The Hall–Kier alpha value is -3.71. The smallest absolute Gasteiger partial charge is 0.254 e. The van der Waals surface area contributed by atoms with Crippen molar-refractivity contribution in [3.8, 4) is 11.3 Å². The standard InChI is InChI=1S/C25H20FN3O2S/c26-20-10-8-18(9-11-20)23-16-29-21(17-32-25(29)27-23)12-13-28(15-22-7-4-14-31-22)24(30)19-5-2-1-3-6-19/h1-11,14,16-17H,12-13,15H2. The third-order valence-corrected chi connectivity index (χ3v) is 6.18. The van der Waals surface area contributed by atoms with Crippen LogP contribution in [0, 0.1) is 5.82 Å². The Morgan fingerprint density at radius 3 is 2.62 bits per heavy atom. The van der Waals surface area contributed by atoms with Gasteiger partial charge < -0.3 is 9.32 Å². The van der Waals surface area contributed by atoms with Crippen LogP contribution in [0.3, 0.4) is 0 Å². The van der Waals surface area contributed by atoms with Crippen LogP contribution in [0.4, 0.5) is 4.39 Å². The third-order valence-electron chi connectivity index (χ3n) is 5.30. The molecule has 2 aromatic carbocycles. The highest BCUT2D eigenvalue weighted by molar-refractivity contribution is 7.15. The normalized spacial score (nSPS) is 11.2. The lowest BCUT2D eigenvalue weighted by Gasteiger charge is -2.21. The number of carbonyl (C=O) groups excluding carboxylic acids is 1. The second-order valence-corrected chi connectivity index (χ2v) is 8.27. The number of nitrogens with zero attached hydrogens (tertiary/aromatic N) is 3. The fourth-order valence-corrected chi connectivity index (χ4v) is 4.53. The number of furan rings is 1. The molecule has 1 amide bonds. The number of imidazole rings is 1. The molecule has 7 heteroatoms. The van der Waals surface area contributed by atoms with Crippen LogP contribution in [0.2, 0.25) is 0 Å². The van der Waals surface area contributed by atoms with E-state index in [4.69, 9.17) is 4.42 Å². The van der Waals surface area contributed by atoms with E-state index in [2.05, 4.69) is 10.4 Å². The molecule has 5 aromatic rings. The highest BCUT2D eigenvalue weighted by Gasteiger charge is 2.18. The maximum Gasteiger partial charge on any atom is 0.254 e. The summed E-state index contributed by atoms with van der Waals surface area (Å²) in [5.41, 5.74) is 3.38. The van der Waals surface area contributed by atoms with Crippen molar-refractivity contribution in [1.29, 1.82) is 0 Å². The predicted molar refractivity (Wildman–Crippen MR) is 122 cm³/mol. The van der Waals surface area contributed by atoms with E-state index in [1.165, 1.54) is 12.1 Å². The van der Waals surface area contributed by atoms with E-state index in [0.717, 1.165) is 27.7 Å². The molecule has 5 nitrogen and oxygen atoms in total. The van der Waals surface area contributed by atoms with E-state index < -0.39 is 0 Å². The first-order valence-corrected chi connectivity index (χ1v) is 11.1. The highest BCUT2D eigenvalue weighted by Crippen LogP contribution is 2.24.